The fraction of sp³-hybridized carbons (Fsp3) is 0.938. The molecule has 0 aromatic rings. The molecular weight excluding hydrogens is 252 g/mol. The van der Waals surface area contributed by atoms with Crippen LogP contribution in [-0.4, -0.2) is 48.2 Å². The van der Waals surface area contributed by atoms with Crippen LogP contribution in [0, 0.1) is 5.41 Å². The summed E-state index contributed by atoms with van der Waals surface area (Å²) in [6, 6.07) is 0.366. The molecule has 20 heavy (non-hydrogen) atoms. The molecule has 0 aromatic carbocycles. The molecule has 0 radical (unpaired) electrons. The van der Waals surface area contributed by atoms with Crippen LogP contribution in [0.3, 0.4) is 0 Å². The second kappa shape index (κ2) is 7.41. The molecule has 2 unspecified atom stereocenters. The van der Waals surface area contributed by atoms with E-state index in [4.69, 9.17) is 5.11 Å². The summed E-state index contributed by atoms with van der Waals surface area (Å²) in [5.41, 5.74) is -0.158. The fourth-order valence-corrected chi connectivity index (χ4v) is 3.98. The van der Waals surface area contributed by atoms with Gasteiger partial charge in [-0.3, -0.25) is 4.79 Å². The van der Waals surface area contributed by atoms with Crippen LogP contribution in [0.5, 0.6) is 0 Å². The van der Waals surface area contributed by atoms with Crippen molar-refractivity contribution in [3.8, 4) is 0 Å². The molecule has 2 aliphatic heterocycles. The predicted octanol–water partition coefficient (Wildman–Crippen LogP) is 1.92. The van der Waals surface area contributed by atoms with E-state index in [9.17, 15) is 4.79 Å². The highest BCUT2D eigenvalue weighted by Crippen LogP contribution is 2.36. The molecule has 1 amide bonds. The third-order valence-electron chi connectivity index (χ3n) is 4.99. The second-order valence-electron chi connectivity index (χ2n) is 6.47. The third kappa shape index (κ3) is 3.34. The minimum Gasteiger partial charge on any atom is -0.396 e. The van der Waals surface area contributed by atoms with Crippen molar-refractivity contribution in [1.82, 2.24) is 10.2 Å². The Labute approximate surface area is 122 Å². The number of amides is 1. The fourth-order valence-electron chi connectivity index (χ4n) is 3.98. The molecule has 2 fully saturated rings. The summed E-state index contributed by atoms with van der Waals surface area (Å²) in [7, 11) is 0. The lowest BCUT2D eigenvalue weighted by molar-refractivity contribution is -0.145. The number of hydrogen-bond acceptors (Lipinski definition) is 3. The van der Waals surface area contributed by atoms with Gasteiger partial charge >= 0.3 is 0 Å². The highest BCUT2D eigenvalue weighted by Gasteiger charge is 2.43. The Morgan fingerprint density at radius 2 is 2.30 bits per heavy atom. The summed E-state index contributed by atoms with van der Waals surface area (Å²) >= 11 is 0. The van der Waals surface area contributed by atoms with Gasteiger partial charge in [0.1, 0.15) is 0 Å². The smallest absolute Gasteiger partial charge is 0.230 e. The van der Waals surface area contributed by atoms with Crippen LogP contribution >= 0.6 is 0 Å². The number of piperidine rings is 1. The number of rotatable bonds is 6. The van der Waals surface area contributed by atoms with Crippen LogP contribution in [0.2, 0.25) is 0 Å². The SMILES string of the molecule is CCCC1(C(=O)N2CCCC2CCCO)CCCNC1. The van der Waals surface area contributed by atoms with E-state index in [2.05, 4.69) is 17.1 Å². The minimum absolute atomic E-state index is 0.158. The van der Waals surface area contributed by atoms with Crippen molar-refractivity contribution >= 4 is 5.91 Å². The van der Waals surface area contributed by atoms with Crippen molar-refractivity contribution in [1.29, 1.82) is 0 Å². The molecule has 2 heterocycles. The molecule has 4 nitrogen and oxygen atoms in total. The maximum absolute atomic E-state index is 13.1. The lowest BCUT2D eigenvalue weighted by atomic mass is 9.75. The van der Waals surface area contributed by atoms with Crippen LogP contribution in [-0.2, 0) is 4.79 Å². The van der Waals surface area contributed by atoms with Crippen molar-refractivity contribution in [2.75, 3.05) is 26.2 Å². The van der Waals surface area contributed by atoms with Crippen LogP contribution < -0.4 is 5.32 Å². The van der Waals surface area contributed by atoms with Gasteiger partial charge in [-0.1, -0.05) is 13.3 Å². The average Bonchev–Trinajstić information content (AvgIpc) is 2.94. The Balaban J connectivity index is 2.06. The minimum atomic E-state index is -0.158. The molecule has 0 aliphatic carbocycles. The number of aliphatic hydroxyl groups is 1. The molecule has 2 N–H and O–H groups in total. The zero-order chi connectivity index (χ0) is 14.4. The lowest BCUT2D eigenvalue weighted by Crippen LogP contribution is -2.53. The maximum atomic E-state index is 13.1. The molecular formula is C16H30N2O2. The molecule has 0 aromatic heterocycles. The average molecular weight is 282 g/mol. The van der Waals surface area contributed by atoms with Crippen LogP contribution in [0.1, 0.15) is 58.3 Å². The Bertz CT molecular complexity index is 308. The first-order chi connectivity index (χ1) is 9.73. The van der Waals surface area contributed by atoms with E-state index in [-0.39, 0.29) is 12.0 Å². The monoisotopic (exact) mass is 282 g/mol. The van der Waals surface area contributed by atoms with E-state index in [0.29, 0.717) is 11.9 Å². The van der Waals surface area contributed by atoms with E-state index < -0.39 is 0 Å². The molecule has 2 saturated heterocycles. The quantitative estimate of drug-likeness (QED) is 0.782. The van der Waals surface area contributed by atoms with Crippen LogP contribution in [0.4, 0.5) is 0 Å². The maximum Gasteiger partial charge on any atom is 0.230 e. The molecule has 0 spiro atoms. The van der Waals surface area contributed by atoms with Crippen molar-refractivity contribution in [2.45, 2.75) is 64.3 Å². The number of likely N-dealkylation sites (tertiary alicyclic amines) is 1. The molecule has 2 rings (SSSR count). The summed E-state index contributed by atoms with van der Waals surface area (Å²) in [6.07, 6.45) is 8.23. The Morgan fingerprint density at radius 1 is 1.45 bits per heavy atom. The van der Waals surface area contributed by atoms with Gasteiger partial charge in [-0.15, -0.1) is 0 Å². The van der Waals surface area contributed by atoms with Crippen LogP contribution in [0.25, 0.3) is 0 Å². The molecule has 2 aliphatic rings. The lowest BCUT2D eigenvalue weighted by Gasteiger charge is -2.41. The van der Waals surface area contributed by atoms with Crippen LogP contribution in [0.15, 0.2) is 0 Å². The second-order valence-corrected chi connectivity index (χ2v) is 6.47. The summed E-state index contributed by atoms with van der Waals surface area (Å²) in [6.45, 7) is 5.23. The van der Waals surface area contributed by atoms with Gasteiger partial charge in [0.25, 0.3) is 0 Å². The number of aliphatic hydroxyl groups excluding tert-OH is 1. The molecule has 4 heteroatoms. The predicted molar refractivity (Wildman–Crippen MR) is 80.5 cm³/mol. The van der Waals surface area contributed by atoms with Gasteiger partial charge in [-0.05, 0) is 51.5 Å². The Morgan fingerprint density at radius 3 is 2.95 bits per heavy atom. The van der Waals surface area contributed by atoms with Crippen molar-refractivity contribution in [2.24, 2.45) is 5.41 Å². The Hall–Kier alpha value is -0.610. The van der Waals surface area contributed by atoms with Crippen molar-refractivity contribution in [3.63, 3.8) is 0 Å². The van der Waals surface area contributed by atoms with Gasteiger partial charge in [0.2, 0.25) is 5.91 Å². The first kappa shape index (κ1) is 15.8. The molecule has 0 bridgehead atoms. The number of nitrogens with zero attached hydrogens (tertiary/aromatic N) is 1. The van der Waals surface area contributed by atoms with Crippen molar-refractivity contribution < 1.29 is 9.90 Å². The van der Waals surface area contributed by atoms with Gasteiger partial charge < -0.3 is 15.3 Å². The first-order valence-corrected chi connectivity index (χ1v) is 8.36. The highest BCUT2D eigenvalue weighted by molar-refractivity contribution is 5.83. The largest absolute Gasteiger partial charge is 0.396 e. The number of nitrogens with one attached hydrogen (secondary N) is 1. The van der Waals surface area contributed by atoms with E-state index in [1.165, 1.54) is 0 Å². The van der Waals surface area contributed by atoms with Gasteiger partial charge in [-0.25, -0.2) is 0 Å². The highest BCUT2D eigenvalue weighted by atomic mass is 16.3. The first-order valence-electron chi connectivity index (χ1n) is 8.36. The molecule has 0 saturated carbocycles. The normalized spacial score (nSPS) is 30.7. The molecule has 116 valence electrons. The zero-order valence-corrected chi connectivity index (χ0v) is 12.9. The Kier molecular flexibility index (Phi) is 5.85. The number of carbonyl (C=O) groups is 1. The van der Waals surface area contributed by atoms with Gasteiger partial charge in [-0.2, -0.15) is 0 Å². The van der Waals surface area contributed by atoms with E-state index in [1.54, 1.807) is 0 Å². The molecule has 2 atom stereocenters. The van der Waals surface area contributed by atoms with Gasteiger partial charge in [0.05, 0.1) is 5.41 Å². The summed E-state index contributed by atoms with van der Waals surface area (Å²) in [4.78, 5) is 15.2. The van der Waals surface area contributed by atoms with Gasteiger partial charge in [0.15, 0.2) is 0 Å². The summed E-state index contributed by atoms with van der Waals surface area (Å²) in [5.74, 6) is 0.381. The third-order valence-corrected chi connectivity index (χ3v) is 4.99. The topological polar surface area (TPSA) is 52.6 Å². The number of carbonyl (C=O) groups excluding carboxylic acids is 1. The van der Waals surface area contributed by atoms with E-state index in [1.807, 2.05) is 0 Å². The number of hydrogen-bond donors (Lipinski definition) is 2. The van der Waals surface area contributed by atoms with Gasteiger partial charge in [0, 0.05) is 25.7 Å². The summed E-state index contributed by atoms with van der Waals surface area (Å²) < 4.78 is 0. The summed E-state index contributed by atoms with van der Waals surface area (Å²) in [5, 5.41) is 12.5. The zero-order valence-electron chi connectivity index (χ0n) is 12.9. The van der Waals surface area contributed by atoms with E-state index in [0.717, 1.165) is 71.0 Å². The standard InChI is InChI=1S/C16H30N2O2/c1-2-8-16(9-5-10-17-13-16)15(20)18-11-3-6-14(18)7-4-12-19/h14,17,19H,2-13H2,1H3. The van der Waals surface area contributed by atoms with E-state index >= 15 is 0 Å². The van der Waals surface area contributed by atoms with Crippen molar-refractivity contribution in [3.05, 3.63) is 0 Å².